The molecule has 2 aliphatic rings. The zero-order valence-corrected chi connectivity index (χ0v) is 26.3. The van der Waals surface area contributed by atoms with Crippen molar-refractivity contribution < 1.29 is 14.2 Å². The van der Waals surface area contributed by atoms with E-state index in [1.165, 1.54) is 0 Å². The van der Waals surface area contributed by atoms with Gasteiger partial charge in [-0.15, -0.1) is 0 Å². The van der Waals surface area contributed by atoms with Crippen LogP contribution < -0.4 is 0 Å². The highest BCUT2D eigenvalue weighted by Gasteiger charge is 2.59. The second kappa shape index (κ2) is 12.8. The minimum Gasteiger partial charge on any atom is -0.370 e. The summed E-state index contributed by atoms with van der Waals surface area (Å²) in [5.74, 6) is 0. The molecule has 6 aromatic rings. The second-order valence-corrected chi connectivity index (χ2v) is 12.5. The lowest BCUT2D eigenvalue weighted by Gasteiger charge is -2.48. The van der Waals surface area contributed by atoms with Crippen LogP contribution in [0.3, 0.4) is 0 Å². The predicted octanol–water partition coefficient (Wildman–Crippen LogP) is 8.61. The Kier molecular flexibility index (Phi) is 8.04. The molecule has 0 bridgehead atoms. The first-order valence-electron chi connectivity index (χ1n) is 16.5. The molecule has 2 heterocycles. The van der Waals surface area contributed by atoms with E-state index in [1.54, 1.807) is 0 Å². The van der Waals surface area contributed by atoms with Crippen molar-refractivity contribution in [3.63, 3.8) is 0 Å². The third-order valence-corrected chi connectivity index (χ3v) is 9.92. The van der Waals surface area contributed by atoms with Gasteiger partial charge in [0.15, 0.2) is 0 Å². The molecule has 0 amide bonds. The third-order valence-electron chi connectivity index (χ3n) is 9.92. The summed E-state index contributed by atoms with van der Waals surface area (Å²) in [4.78, 5) is 0. The van der Waals surface area contributed by atoms with E-state index in [4.69, 9.17) is 14.2 Å². The van der Waals surface area contributed by atoms with Gasteiger partial charge in [0.1, 0.15) is 24.4 Å². The van der Waals surface area contributed by atoms with Gasteiger partial charge in [-0.1, -0.05) is 182 Å². The number of rotatable bonds is 12. The van der Waals surface area contributed by atoms with Crippen LogP contribution in [0, 0.1) is 0 Å². The summed E-state index contributed by atoms with van der Waals surface area (Å²) >= 11 is 0. The molecular formula is C44H38O3. The van der Waals surface area contributed by atoms with Crippen LogP contribution in [0.5, 0.6) is 0 Å². The molecule has 3 heteroatoms. The van der Waals surface area contributed by atoms with Crippen molar-refractivity contribution in [3.8, 4) is 0 Å². The molecule has 0 spiro atoms. The fourth-order valence-corrected chi connectivity index (χ4v) is 7.75. The summed E-state index contributed by atoms with van der Waals surface area (Å²) in [5.41, 5.74) is 5.64. The number of hydrogen-bond acceptors (Lipinski definition) is 3. The zero-order valence-electron chi connectivity index (χ0n) is 26.3. The molecule has 2 saturated heterocycles. The summed E-state index contributed by atoms with van der Waals surface area (Å²) < 4.78 is 20.5. The van der Waals surface area contributed by atoms with Crippen LogP contribution in [0.2, 0.25) is 0 Å². The van der Waals surface area contributed by atoms with Crippen molar-refractivity contribution in [2.45, 2.75) is 35.2 Å². The molecule has 0 saturated carbocycles. The van der Waals surface area contributed by atoms with Gasteiger partial charge in [-0.2, -0.15) is 0 Å². The Bertz CT molecular complexity index is 1520. The SMILES string of the molecule is c1ccc(C(c2ccccc2)(c2ccccc2)C(OC([C@@H]2CO2)C(c2ccccc2)(c2ccccc2)c2ccccc2)[C@@H]2CO2)cc1. The van der Waals surface area contributed by atoms with E-state index in [0.717, 1.165) is 33.4 Å². The fraction of sp³-hybridized carbons (Fsp3) is 0.182. The monoisotopic (exact) mass is 614 g/mol. The lowest BCUT2D eigenvalue weighted by atomic mass is 9.63. The number of epoxide rings is 2. The molecule has 2 unspecified atom stereocenters. The molecule has 0 aliphatic carbocycles. The molecule has 0 aromatic heterocycles. The lowest BCUT2D eigenvalue weighted by Crippen LogP contribution is -2.54. The molecule has 4 atom stereocenters. The van der Waals surface area contributed by atoms with E-state index >= 15 is 0 Å². The van der Waals surface area contributed by atoms with Crippen LogP contribution in [0.15, 0.2) is 182 Å². The standard InChI is InChI=1S/C44H38O3/c1-7-19-33(20-8-1)43(34-21-9-2-10-22-34,35-23-11-3-12-24-35)41(39-31-45-39)47-42(40-32-46-40)44(36-25-13-4-14-26-36,37-27-15-5-16-28-37)38-29-17-6-18-30-38/h1-30,39-42H,31-32H2/t39-,40-,41?,42?/m0/s1. The number of hydrogen-bond donors (Lipinski definition) is 0. The Hall–Kier alpha value is -4.80. The first-order valence-corrected chi connectivity index (χ1v) is 16.5. The van der Waals surface area contributed by atoms with Gasteiger partial charge < -0.3 is 14.2 Å². The highest BCUT2D eigenvalue weighted by atomic mass is 16.6. The second-order valence-electron chi connectivity index (χ2n) is 12.5. The van der Waals surface area contributed by atoms with Crippen molar-refractivity contribution in [1.82, 2.24) is 0 Å². The summed E-state index contributed by atoms with van der Waals surface area (Å²) in [7, 11) is 0. The Morgan fingerprint density at radius 3 is 0.723 bits per heavy atom. The van der Waals surface area contributed by atoms with Crippen LogP contribution in [0.4, 0.5) is 0 Å². The molecule has 232 valence electrons. The maximum atomic E-state index is 7.91. The van der Waals surface area contributed by atoms with Crippen LogP contribution in [0.25, 0.3) is 0 Å². The molecule has 47 heavy (non-hydrogen) atoms. The van der Waals surface area contributed by atoms with Crippen LogP contribution in [-0.4, -0.2) is 37.6 Å². The highest BCUT2D eigenvalue weighted by molar-refractivity contribution is 5.55. The van der Waals surface area contributed by atoms with E-state index in [-0.39, 0.29) is 24.4 Å². The smallest absolute Gasteiger partial charge is 0.109 e. The summed E-state index contributed by atoms with van der Waals surface area (Å²) in [6.45, 7) is 1.26. The maximum Gasteiger partial charge on any atom is 0.109 e. The van der Waals surface area contributed by atoms with Crippen molar-refractivity contribution in [1.29, 1.82) is 0 Å². The van der Waals surface area contributed by atoms with E-state index in [2.05, 4.69) is 182 Å². The van der Waals surface area contributed by atoms with Crippen molar-refractivity contribution in [3.05, 3.63) is 215 Å². The topological polar surface area (TPSA) is 34.3 Å². The van der Waals surface area contributed by atoms with Gasteiger partial charge in [0.2, 0.25) is 0 Å². The summed E-state index contributed by atoms with van der Waals surface area (Å²) in [5, 5.41) is 0. The van der Waals surface area contributed by atoms with Gasteiger partial charge in [-0.25, -0.2) is 0 Å². The maximum absolute atomic E-state index is 7.91. The summed E-state index contributed by atoms with van der Waals surface area (Å²) in [6, 6.07) is 64.9. The average molecular weight is 615 g/mol. The van der Waals surface area contributed by atoms with Gasteiger partial charge >= 0.3 is 0 Å². The van der Waals surface area contributed by atoms with Crippen molar-refractivity contribution >= 4 is 0 Å². The number of benzene rings is 6. The molecule has 8 rings (SSSR count). The molecular weight excluding hydrogens is 576 g/mol. The van der Waals surface area contributed by atoms with Gasteiger partial charge in [0.05, 0.1) is 24.0 Å². The van der Waals surface area contributed by atoms with E-state index in [1.807, 2.05) is 0 Å². The van der Waals surface area contributed by atoms with Gasteiger partial charge in [0.25, 0.3) is 0 Å². The van der Waals surface area contributed by atoms with E-state index in [9.17, 15) is 0 Å². The molecule has 0 radical (unpaired) electrons. The molecule has 2 aliphatic heterocycles. The van der Waals surface area contributed by atoms with Gasteiger partial charge in [-0.05, 0) is 33.4 Å². The lowest BCUT2D eigenvalue weighted by molar-refractivity contribution is -0.0805. The van der Waals surface area contributed by atoms with Crippen LogP contribution in [-0.2, 0) is 25.0 Å². The Morgan fingerprint density at radius 2 is 0.553 bits per heavy atom. The molecule has 2 fully saturated rings. The summed E-state index contributed by atoms with van der Waals surface area (Å²) in [6.07, 6.45) is -0.979. The Labute approximate surface area is 277 Å². The zero-order chi connectivity index (χ0) is 31.5. The van der Waals surface area contributed by atoms with Crippen LogP contribution >= 0.6 is 0 Å². The molecule has 6 aromatic carbocycles. The first-order chi connectivity index (χ1) is 23.3. The minimum absolute atomic E-state index is 0.114. The molecule has 0 N–H and O–H groups in total. The van der Waals surface area contributed by atoms with Gasteiger partial charge in [0, 0.05) is 0 Å². The average Bonchev–Trinajstić information content (AvgIpc) is 4.10. The minimum atomic E-state index is -0.673. The van der Waals surface area contributed by atoms with Crippen LogP contribution in [0.1, 0.15) is 33.4 Å². The van der Waals surface area contributed by atoms with Crippen molar-refractivity contribution in [2.75, 3.05) is 13.2 Å². The number of ether oxygens (including phenoxy) is 3. The highest BCUT2D eigenvalue weighted by Crippen LogP contribution is 2.52. The fourth-order valence-electron chi connectivity index (χ4n) is 7.75. The quantitative estimate of drug-likeness (QED) is 0.102. The van der Waals surface area contributed by atoms with Gasteiger partial charge in [-0.3, -0.25) is 0 Å². The normalized spacial score (nSPS) is 18.6. The van der Waals surface area contributed by atoms with E-state index in [0.29, 0.717) is 13.2 Å². The predicted molar refractivity (Wildman–Crippen MR) is 187 cm³/mol. The van der Waals surface area contributed by atoms with Crippen molar-refractivity contribution in [2.24, 2.45) is 0 Å². The Balaban J connectivity index is 1.41. The Morgan fingerprint density at radius 1 is 0.362 bits per heavy atom. The molecule has 3 nitrogen and oxygen atoms in total. The van der Waals surface area contributed by atoms with E-state index < -0.39 is 10.8 Å². The first kappa shape index (κ1) is 29.6. The largest absolute Gasteiger partial charge is 0.370 e. The third kappa shape index (κ3) is 5.31.